The zero-order valence-electron chi connectivity index (χ0n) is 38.1. The Hall–Kier alpha value is -8.76. The highest BCUT2D eigenvalue weighted by molar-refractivity contribution is 7.19. The normalized spacial score (nSPS) is 11.5. The smallest absolute Gasteiger partial charge is 0.179 e. The Balaban J connectivity index is 0.928. The Morgan fingerprint density at radius 1 is 0.246 bits per heavy atom. The number of hydrogen-bond donors (Lipinski definition) is 0. The second kappa shape index (κ2) is 18.1. The molecule has 0 aliphatic carbocycles. The van der Waals surface area contributed by atoms with Crippen molar-refractivity contribution in [3.05, 3.63) is 291 Å². The zero-order valence-corrected chi connectivity index (χ0v) is 39.1. The Kier molecular flexibility index (Phi) is 11.0. The van der Waals surface area contributed by atoms with Gasteiger partial charge in [-0.15, -0.1) is 0 Å². The highest BCUT2D eigenvalue weighted by Crippen LogP contribution is 2.39. The molecule has 0 unspecified atom stereocenters. The van der Waals surface area contributed by atoms with Crippen molar-refractivity contribution in [1.82, 2.24) is 4.57 Å². The number of nitrogens with zero attached hydrogens (tertiary/aromatic N) is 2. The molecule has 0 saturated heterocycles. The van der Waals surface area contributed by atoms with Crippen LogP contribution in [-0.2, 0) is 0 Å². The number of anilines is 3. The summed E-state index contributed by atoms with van der Waals surface area (Å²) in [4.78, 5) is 2.37. The molecule has 11 aromatic carbocycles. The topological polar surface area (TPSA) is 8.17 Å². The summed E-state index contributed by atoms with van der Waals surface area (Å²) in [5, 5.41) is 7.95. The lowest BCUT2D eigenvalue weighted by Crippen LogP contribution is -2.74. The first kappa shape index (κ1) is 41.7. The molecule has 0 aliphatic rings. The molecule has 0 atom stereocenters. The predicted molar refractivity (Wildman–Crippen MR) is 295 cm³/mol. The van der Waals surface area contributed by atoms with Gasteiger partial charge < -0.3 is 9.47 Å². The summed E-state index contributed by atoms with van der Waals surface area (Å²) >= 11 is 0. The fraction of sp³-hybridized carbons (Fsp3) is 0. The van der Waals surface area contributed by atoms with Gasteiger partial charge >= 0.3 is 0 Å². The predicted octanol–water partition coefficient (Wildman–Crippen LogP) is 14.6. The summed E-state index contributed by atoms with van der Waals surface area (Å²) in [6.07, 6.45) is 0. The Bertz CT molecular complexity index is 3570. The maximum absolute atomic E-state index is 2.69. The second-order valence-corrected chi connectivity index (χ2v) is 21.5. The van der Waals surface area contributed by atoms with Gasteiger partial charge in [-0.25, -0.2) is 0 Å². The summed E-state index contributed by atoms with van der Waals surface area (Å²) in [7, 11) is -2.69. The Morgan fingerprint density at radius 2 is 0.609 bits per heavy atom. The zero-order chi connectivity index (χ0) is 46.0. The Labute approximate surface area is 405 Å². The van der Waals surface area contributed by atoms with Crippen LogP contribution >= 0.6 is 0 Å². The van der Waals surface area contributed by atoms with Crippen LogP contribution in [0, 0.1) is 0 Å². The summed E-state index contributed by atoms with van der Waals surface area (Å²) in [5.74, 6) is 0. The van der Waals surface area contributed by atoms with Crippen LogP contribution in [0.25, 0.3) is 60.9 Å². The molecule has 326 valence electrons. The van der Waals surface area contributed by atoms with Gasteiger partial charge in [-0.1, -0.05) is 224 Å². The van der Waals surface area contributed by atoms with Crippen molar-refractivity contribution >= 4 is 67.7 Å². The molecule has 0 saturated carbocycles. The van der Waals surface area contributed by atoms with E-state index in [9.17, 15) is 0 Å². The fourth-order valence-electron chi connectivity index (χ4n) is 10.5. The van der Waals surface area contributed by atoms with E-state index in [0.717, 1.165) is 22.7 Å². The highest BCUT2D eigenvalue weighted by Gasteiger charge is 2.41. The minimum atomic E-state index is -2.69. The molecule has 0 amide bonds. The lowest BCUT2D eigenvalue weighted by molar-refractivity contribution is 1.18. The largest absolute Gasteiger partial charge is 0.311 e. The van der Waals surface area contributed by atoms with E-state index < -0.39 is 8.07 Å². The lowest BCUT2D eigenvalue weighted by atomic mass is 10.0. The molecule has 0 N–H and O–H groups in total. The summed E-state index contributed by atoms with van der Waals surface area (Å²) in [5.41, 5.74) is 14.0. The van der Waals surface area contributed by atoms with Gasteiger partial charge in [0.05, 0.1) is 11.0 Å². The fourth-order valence-corrected chi connectivity index (χ4v) is 15.3. The van der Waals surface area contributed by atoms with E-state index in [1.165, 1.54) is 75.9 Å². The van der Waals surface area contributed by atoms with Gasteiger partial charge in [0, 0.05) is 33.5 Å². The van der Waals surface area contributed by atoms with Crippen molar-refractivity contribution in [3.63, 3.8) is 0 Å². The van der Waals surface area contributed by atoms with E-state index in [1.807, 2.05) is 0 Å². The van der Waals surface area contributed by atoms with Crippen molar-refractivity contribution in [2.75, 3.05) is 4.90 Å². The number of fused-ring (bicyclic) bond motifs is 3. The van der Waals surface area contributed by atoms with Gasteiger partial charge in [0.25, 0.3) is 0 Å². The number of rotatable bonds is 11. The molecule has 0 bridgehead atoms. The third-order valence-corrected chi connectivity index (χ3v) is 18.5. The first-order valence-corrected chi connectivity index (χ1v) is 25.7. The van der Waals surface area contributed by atoms with Crippen LogP contribution < -0.4 is 25.6 Å². The maximum atomic E-state index is 2.45. The first-order valence-electron chi connectivity index (χ1n) is 23.7. The van der Waals surface area contributed by atoms with E-state index in [1.54, 1.807) is 0 Å². The van der Waals surface area contributed by atoms with E-state index in [4.69, 9.17) is 0 Å². The molecule has 12 rings (SSSR count). The molecule has 1 aromatic heterocycles. The van der Waals surface area contributed by atoms with Crippen LogP contribution in [0.2, 0.25) is 0 Å². The number of benzene rings is 11. The molecule has 2 nitrogen and oxygen atoms in total. The minimum absolute atomic E-state index is 1.09. The molecular weight excluding hydrogens is 849 g/mol. The quantitative estimate of drug-likeness (QED) is 0.0928. The molecule has 0 spiro atoms. The molecule has 0 radical (unpaired) electrons. The average molecular weight is 897 g/mol. The van der Waals surface area contributed by atoms with Gasteiger partial charge in [0.2, 0.25) is 0 Å². The number of aromatic nitrogens is 1. The van der Waals surface area contributed by atoms with Crippen molar-refractivity contribution < 1.29 is 0 Å². The maximum Gasteiger partial charge on any atom is 0.179 e. The molecule has 1 heterocycles. The second-order valence-electron chi connectivity index (χ2n) is 17.7. The summed E-state index contributed by atoms with van der Waals surface area (Å²) in [6, 6.07) is 107. The molecular formula is C66H48N2Si. The molecule has 0 fully saturated rings. The highest BCUT2D eigenvalue weighted by atomic mass is 28.3. The van der Waals surface area contributed by atoms with Crippen LogP contribution in [0.3, 0.4) is 0 Å². The van der Waals surface area contributed by atoms with E-state index in [0.29, 0.717) is 0 Å². The van der Waals surface area contributed by atoms with E-state index in [-0.39, 0.29) is 0 Å². The summed E-state index contributed by atoms with van der Waals surface area (Å²) < 4.78 is 2.37. The average Bonchev–Trinajstić information content (AvgIpc) is 3.77. The monoisotopic (exact) mass is 896 g/mol. The third-order valence-electron chi connectivity index (χ3n) is 13.8. The van der Waals surface area contributed by atoms with Crippen molar-refractivity contribution in [3.8, 4) is 39.1 Å². The first-order chi connectivity index (χ1) is 34.2. The van der Waals surface area contributed by atoms with Gasteiger partial charge in [-0.3, -0.25) is 0 Å². The van der Waals surface area contributed by atoms with Crippen LogP contribution in [0.1, 0.15) is 0 Å². The third kappa shape index (κ3) is 7.65. The van der Waals surface area contributed by atoms with E-state index in [2.05, 4.69) is 301 Å². The van der Waals surface area contributed by atoms with Gasteiger partial charge in [0.1, 0.15) is 0 Å². The number of para-hydroxylation sites is 2. The van der Waals surface area contributed by atoms with Crippen molar-refractivity contribution in [1.29, 1.82) is 0 Å². The van der Waals surface area contributed by atoms with Crippen LogP contribution in [0.15, 0.2) is 291 Å². The van der Waals surface area contributed by atoms with E-state index >= 15 is 0 Å². The van der Waals surface area contributed by atoms with Crippen LogP contribution in [0.4, 0.5) is 17.1 Å². The van der Waals surface area contributed by atoms with Crippen LogP contribution in [-0.4, -0.2) is 12.6 Å². The van der Waals surface area contributed by atoms with Crippen molar-refractivity contribution in [2.45, 2.75) is 0 Å². The Morgan fingerprint density at radius 3 is 1.13 bits per heavy atom. The number of hydrogen-bond acceptors (Lipinski definition) is 1. The standard InChI is InChI=1S/C66H48N2Si/c1-6-19-49(20-7-1)50-33-40-56(41-34-50)67(58-44-37-52(38-45-58)54-39-46-66-64(48-54)63-31-16-17-32-65(63)68(66)55-22-8-2-9-23-55)57-42-35-51(36-43-57)53-21-18-30-62(47-53)69(59-24-10-3-11-25-59,60-26-12-4-13-27-60)61-28-14-5-15-29-61/h1-48H. The minimum Gasteiger partial charge on any atom is -0.311 e. The van der Waals surface area contributed by atoms with Gasteiger partial charge in [-0.05, 0) is 121 Å². The van der Waals surface area contributed by atoms with Gasteiger partial charge in [-0.2, -0.15) is 0 Å². The molecule has 12 aromatic rings. The van der Waals surface area contributed by atoms with Gasteiger partial charge in [0.15, 0.2) is 8.07 Å². The lowest BCUT2D eigenvalue weighted by Gasteiger charge is -2.34. The molecule has 3 heteroatoms. The summed E-state index contributed by atoms with van der Waals surface area (Å²) in [6.45, 7) is 0. The van der Waals surface area contributed by atoms with Crippen LogP contribution in [0.5, 0.6) is 0 Å². The van der Waals surface area contributed by atoms with Crippen molar-refractivity contribution in [2.24, 2.45) is 0 Å². The molecule has 0 aliphatic heterocycles. The molecule has 69 heavy (non-hydrogen) atoms. The SMILES string of the molecule is c1ccc(-c2ccc(N(c3ccc(-c4cccc([Si](c5ccccc5)(c5ccccc5)c5ccccc5)c4)cc3)c3ccc(-c4ccc5c(c4)c4ccccc4n5-c4ccccc4)cc3)cc2)cc1.